The lowest BCUT2D eigenvalue weighted by Gasteiger charge is -2.39. The molecular formula is C16H24ClF3N4O. The number of nitrogens with zero attached hydrogens (tertiary/aromatic N) is 3. The summed E-state index contributed by atoms with van der Waals surface area (Å²) >= 11 is 0. The molecule has 1 aromatic rings. The number of carbonyl (C=O) groups excluding carboxylic acids is 1. The van der Waals surface area contributed by atoms with E-state index >= 15 is 0 Å². The molecular weight excluding hydrogens is 357 g/mol. The fraction of sp³-hybridized carbons (Fsp3) is 0.750. The van der Waals surface area contributed by atoms with Crippen LogP contribution < -0.4 is 5.32 Å². The summed E-state index contributed by atoms with van der Waals surface area (Å²) in [6, 6.07) is -0.225. The molecule has 1 aliphatic carbocycles. The van der Waals surface area contributed by atoms with Gasteiger partial charge in [0.25, 0.3) is 0 Å². The fourth-order valence-corrected chi connectivity index (χ4v) is 3.84. The zero-order valence-electron chi connectivity index (χ0n) is 14.1. The van der Waals surface area contributed by atoms with Crippen molar-refractivity contribution in [1.29, 1.82) is 0 Å². The van der Waals surface area contributed by atoms with Crippen molar-refractivity contribution in [3.8, 4) is 0 Å². The second-order valence-electron chi connectivity index (χ2n) is 6.75. The van der Waals surface area contributed by atoms with Gasteiger partial charge in [-0.15, -0.1) is 12.4 Å². The van der Waals surface area contributed by atoms with Crippen molar-refractivity contribution in [3.05, 3.63) is 18.2 Å². The maximum absolute atomic E-state index is 13.0. The van der Waals surface area contributed by atoms with Gasteiger partial charge in [0.2, 0.25) is 5.91 Å². The molecule has 0 spiro atoms. The molecule has 5 nitrogen and oxygen atoms in total. The van der Waals surface area contributed by atoms with Crippen LogP contribution in [0.1, 0.15) is 37.5 Å². The van der Waals surface area contributed by atoms with Gasteiger partial charge in [-0.25, -0.2) is 4.98 Å². The predicted molar refractivity (Wildman–Crippen MR) is 89.3 cm³/mol. The Kier molecular flexibility index (Phi) is 6.37. The number of nitrogens with one attached hydrogen (secondary N) is 1. The van der Waals surface area contributed by atoms with Crippen molar-refractivity contribution in [3.63, 3.8) is 0 Å². The molecule has 2 heterocycles. The largest absolute Gasteiger partial charge is 0.391 e. The zero-order valence-corrected chi connectivity index (χ0v) is 14.9. The van der Waals surface area contributed by atoms with Crippen LogP contribution in [0.15, 0.2) is 12.4 Å². The zero-order chi connectivity index (χ0) is 17.3. The Hall–Kier alpha value is -1.28. The van der Waals surface area contributed by atoms with Gasteiger partial charge in [0.1, 0.15) is 11.9 Å². The molecule has 1 saturated carbocycles. The number of hydrogen-bond donors (Lipinski definition) is 1. The number of halogens is 4. The topological polar surface area (TPSA) is 50.2 Å². The Labute approximate surface area is 151 Å². The first-order chi connectivity index (χ1) is 11.4. The first kappa shape index (κ1) is 20.0. The van der Waals surface area contributed by atoms with Crippen molar-refractivity contribution >= 4 is 18.3 Å². The average Bonchev–Trinajstić information content (AvgIpc) is 2.99. The highest BCUT2D eigenvalue weighted by Gasteiger charge is 2.45. The number of rotatable bonds is 2. The minimum absolute atomic E-state index is 0. The van der Waals surface area contributed by atoms with Gasteiger partial charge in [-0.3, -0.25) is 4.79 Å². The summed E-state index contributed by atoms with van der Waals surface area (Å²) in [4.78, 5) is 19.0. The van der Waals surface area contributed by atoms with Gasteiger partial charge in [-0.2, -0.15) is 13.2 Å². The molecule has 1 N–H and O–H groups in total. The van der Waals surface area contributed by atoms with E-state index in [2.05, 4.69) is 10.3 Å². The maximum Gasteiger partial charge on any atom is 0.391 e. The quantitative estimate of drug-likeness (QED) is 0.858. The van der Waals surface area contributed by atoms with Gasteiger partial charge >= 0.3 is 6.18 Å². The van der Waals surface area contributed by atoms with Crippen LogP contribution in [0.3, 0.4) is 0 Å². The normalized spacial score (nSPS) is 27.7. The molecule has 1 aromatic heterocycles. The summed E-state index contributed by atoms with van der Waals surface area (Å²) in [5, 5.41) is 3.24. The summed E-state index contributed by atoms with van der Waals surface area (Å²) in [5.41, 5.74) is 0. The summed E-state index contributed by atoms with van der Waals surface area (Å²) in [6.07, 6.45) is 0.334. The van der Waals surface area contributed by atoms with Crippen LogP contribution in [-0.4, -0.2) is 46.2 Å². The summed E-state index contributed by atoms with van der Waals surface area (Å²) < 4.78 is 40.9. The van der Waals surface area contributed by atoms with E-state index < -0.39 is 18.0 Å². The Balaban J connectivity index is 0.00000225. The number of imidazole rings is 1. The molecule has 1 amide bonds. The molecule has 0 radical (unpaired) electrons. The third kappa shape index (κ3) is 4.28. The van der Waals surface area contributed by atoms with Crippen LogP contribution in [0.25, 0.3) is 0 Å². The molecule has 9 heteroatoms. The molecule has 142 valence electrons. The highest BCUT2D eigenvalue weighted by molar-refractivity contribution is 5.85. The Morgan fingerprint density at radius 2 is 2.12 bits per heavy atom. The van der Waals surface area contributed by atoms with Crippen LogP contribution in [-0.2, 0) is 11.8 Å². The van der Waals surface area contributed by atoms with E-state index in [0.29, 0.717) is 32.5 Å². The minimum Gasteiger partial charge on any atom is -0.336 e. The van der Waals surface area contributed by atoms with Crippen LogP contribution in [0.4, 0.5) is 13.2 Å². The van der Waals surface area contributed by atoms with Gasteiger partial charge in [0.15, 0.2) is 0 Å². The van der Waals surface area contributed by atoms with Crippen molar-refractivity contribution in [2.75, 3.05) is 19.6 Å². The van der Waals surface area contributed by atoms with Crippen LogP contribution in [0, 0.1) is 11.8 Å². The SMILES string of the molecule is Cl.Cn1ccnc1C1CNCCN1C(=O)C1CCCC(C(F)(F)F)C1. The Bertz CT molecular complexity index is 592. The Morgan fingerprint density at radius 3 is 2.76 bits per heavy atom. The third-order valence-electron chi connectivity index (χ3n) is 5.17. The molecule has 3 atom stereocenters. The van der Waals surface area contributed by atoms with Gasteiger partial charge < -0.3 is 14.8 Å². The van der Waals surface area contributed by atoms with E-state index in [4.69, 9.17) is 0 Å². The van der Waals surface area contributed by atoms with E-state index in [9.17, 15) is 18.0 Å². The molecule has 2 aliphatic rings. The fourth-order valence-electron chi connectivity index (χ4n) is 3.84. The number of hydrogen-bond acceptors (Lipinski definition) is 3. The van der Waals surface area contributed by atoms with E-state index in [1.54, 1.807) is 11.1 Å². The number of piperazine rings is 1. The number of carbonyl (C=O) groups is 1. The van der Waals surface area contributed by atoms with Crippen LogP contribution >= 0.6 is 12.4 Å². The minimum atomic E-state index is -4.21. The first-order valence-electron chi connectivity index (χ1n) is 8.43. The third-order valence-corrected chi connectivity index (χ3v) is 5.17. The molecule has 0 bridgehead atoms. The lowest BCUT2D eigenvalue weighted by atomic mass is 9.80. The number of aryl methyl sites for hydroxylation is 1. The van der Waals surface area contributed by atoms with E-state index in [1.807, 2.05) is 17.8 Å². The van der Waals surface area contributed by atoms with Crippen LogP contribution in [0.5, 0.6) is 0 Å². The van der Waals surface area contributed by atoms with Crippen molar-refractivity contribution < 1.29 is 18.0 Å². The second-order valence-corrected chi connectivity index (χ2v) is 6.75. The lowest BCUT2D eigenvalue weighted by molar-refractivity contribution is -0.187. The monoisotopic (exact) mass is 380 g/mol. The molecule has 25 heavy (non-hydrogen) atoms. The Morgan fingerprint density at radius 1 is 1.36 bits per heavy atom. The van der Waals surface area contributed by atoms with Crippen LogP contribution in [0.2, 0.25) is 0 Å². The van der Waals surface area contributed by atoms with Crippen molar-refractivity contribution in [2.24, 2.45) is 18.9 Å². The van der Waals surface area contributed by atoms with Gasteiger partial charge in [0.05, 0.1) is 5.92 Å². The summed E-state index contributed by atoms with van der Waals surface area (Å²) in [6.45, 7) is 1.73. The molecule has 2 fully saturated rings. The highest BCUT2D eigenvalue weighted by Crippen LogP contribution is 2.41. The maximum atomic E-state index is 13.0. The van der Waals surface area contributed by atoms with E-state index in [-0.39, 0.29) is 37.2 Å². The van der Waals surface area contributed by atoms with Gasteiger partial charge in [0, 0.05) is 45.0 Å². The molecule has 3 unspecified atom stereocenters. The summed E-state index contributed by atoms with van der Waals surface area (Å²) in [5.74, 6) is -1.28. The smallest absolute Gasteiger partial charge is 0.336 e. The van der Waals surface area contributed by atoms with Gasteiger partial charge in [-0.1, -0.05) is 6.42 Å². The standard InChI is InChI=1S/C16H23F3N4O.ClH/c1-22-7-6-21-14(22)13-10-20-5-8-23(13)15(24)11-3-2-4-12(9-11)16(17,18)19;/h6-7,11-13,20H,2-5,8-10H2,1H3;1H. The molecule has 3 rings (SSSR count). The average molecular weight is 381 g/mol. The number of aromatic nitrogens is 2. The first-order valence-corrected chi connectivity index (χ1v) is 8.43. The van der Waals surface area contributed by atoms with Crippen molar-refractivity contribution in [2.45, 2.75) is 37.9 Å². The van der Waals surface area contributed by atoms with E-state index in [0.717, 1.165) is 5.82 Å². The van der Waals surface area contributed by atoms with Gasteiger partial charge in [-0.05, 0) is 19.3 Å². The molecule has 1 aliphatic heterocycles. The second kappa shape index (κ2) is 7.95. The highest BCUT2D eigenvalue weighted by atomic mass is 35.5. The molecule has 1 saturated heterocycles. The lowest BCUT2D eigenvalue weighted by Crippen LogP contribution is -2.51. The van der Waals surface area contributed by atoms with Crippen molar-refractivity contribution in [1.82, 2.24) is 19.8 Å². The number of alkyl halides is 3. The predicted octanol–water partition coefficient (Wildman–Crippen LogP) is 2.68. The summed E-state index contributed by atoms with van der Waals surface area (Å²) in [7, 11) is 1.86. The molecule has 0 aromatic carbocycles. The van der Waals surface area contributed by atoms with E-state index in [1.165, 1.54) is 0 Å². The number of amides is 1.